The summed E-state index contributed by atoms with van der Waals surface area (Å²) >= 11 is 0. The highest BCUT2D eigenvalue weighted by Gasteiger charge is 2.30. The van der Waals surface area contributed by atoms with Crippen molar-refractivity contribution in [2.75, 3.05) is 39.6 Å². The molecule has 5 unspecified atom stereocenters. The summed E-state index contributed by atoms with van der Waals surface area (Å²) in [6, 6.07) is 0. The number of allylic oxidation sites excluding steroid dienone is 29. The Labute approximate surface area is 628 Å². The van der Waals surface area contributed by atoms with Gasteiger partial charge in [0, 0.05) is 19.3 Å². The minimum atomic E-state index is -5.02. The Balaban J connectivity index is 5.52. The molecule has 3 N–H and O–H groups in total. The molecule has 0 aliphatic carbocycles. The van der Waals surface area contributed by atoms with Crippen LogP contribution in [0.15, 0.2) is 182 Å². The van der Waals surface area contributed by atoms with Crippen molar-refractivity contribution < 1.29 is 80.2 Å². The molecule has 104 heavy (non-hydrogen) atoms. The zero-order valence-corrected chi connectivity index (χ0v) is 65.9. The van der Waals surface area contributed by atoms with Crippen molar-refractivity contribution in [3.63, 3.8) is 0 Å². The highest BCUT2D eigenvalue weighted by molar-refractivity contribution is 7.47. The van der Waals surface area contributed by atoms with E-state index in [2.05, 4.69) is 174 Å². The molecule has 0 bridgehead atoms. The van der Waals surface area contributed by atoms with Gasteiger partial charge < -0.3 is 33.8 Å². The maximum atomic E-state index is 13.1. The molecule has 0 aromatic heterocycles. The lowest BCUT2D eigenvalue weighted by Crippen LogP contribution is -2.30. The summed E-state index contributed by atoms with van der Waals surface area (Å²) in [5.41, 5.74) is 0. The van der Waals surface area contributed by atoms with Gasteiger partial charge in [0.05, 0.1) is 32.8 Å². The second kappa shape index (κ2) is 75.4. The summed E-state index contributed by atoms with van der Waals surface area (Å²) < 4.78 is 68.3. The zero-order chi connectivity index (χ0) is 76.0. The lowest BCUT2D eigenvalue weighted by Gasteiger charge is -2.21. The van der Waals surface area contributed by atoms with Crippen LogP contribution in [0.4, 0.5) is 0 Å². The third-order valence-corrected chi connectivity index (χ3v) is 17.3. The minimum absolute atomic E-state index is 0.0561. The lowest BCUT2D eigenvalue weighted by atomic mass is 10.1. The molecule has 0 rings (SSSR count). The van der Waals surface area contributed by atoms with E-state index in [1.807, 2.05) is 24.3 Å². The Kier molecular flexibility index (Phi) is 71.2. The predicted molar refractivity (Wildman–Crippen MR) is 426 cm³/mol. The van der Waals surface area contributed by atoms with Crippen LogP contribution >= 0.6 is 15.6 Å². The first-order chi connectivity index (χ1) is 50.7. The molecule has 0 aliphatic heterocycles. The van der Waals surface area contributed by atoms with Crippen LogP contribution in [0, 0.1) is 0 Å². The number of unbranched alkanes of at least 4 members (excludes halogenated alkanes) is 16. The van der Waals surface area contributed by atoms with Crippen LogP contribution in [0.2, 0.25) is 0 Å². The maximum absolute atomic E-state index is 13.1. The third kappa shape index (κ3) is 74.4. The smallest absolute Gasteiger partial charge is 0.462 e. The van der Waals surface area contributed by atoms with Gasteiger partial charge in [0.2, 0.25) is 0 Å². The summed E-state index contributed by atoms with van der Waals surface area (Å²) in [6.07, 6.45) is 90.6. The molecule has 0 saturated heterocycles. The molecule has 0 spiro atoms. The summed E-state index contributed by atoms with van der Waals surface area (Å²) in [5, 5.41) is 10.6. The standard InChI is InChI=1S/C85H136O17P2/c1-5-9-13-17-21-25-29-33-37-39-43-45-49-53-57-61-65-69-82(87)95-75-80(101-84(89)71-67-63-59-55-51-47-41-35-31-27-23-19-15-11-7-3)77-99-103(91,92)97-73-79(86)74-98-104(93,94)100-78-81(102-85(90)72-68-64-60-56-52-48-42-36-32-28-24-20-16-12-8-4)76-96-83(88)70-66-62-58-54-50-46-44-40-38-34-30-26-22-18-14-10-6-2/h9-11,13-15,21-23,25-27,33-38,41-46,51,53,55,57,63,67,79-81,86H,5-8,12,16-20,24,28-32,39-40,47-50,52,54,56,58-62,64-66,68-78H2,1-4H3,(H,91,92)(H,93,94)/b13-9-,14-10-,15-11-,25-21-,26-22-,27-23-,37-33-,38-34-,41-35-,42-36-,45-43-,46-44-,55-51-,57-53-,67-63-. The molecule has 0 aromatic carbocycles. The van der Waals surface area contributed by atoms with Crippen LogP contribution in [0.25, 0.3) is 0 Å². The van der Waals surface area contributed by atoms with Crippen molar-refractivity contribution in [3.8, 4) is 0 Å². The number of hydrogen-bond donors (Lipinski definition) is 3. The van der Waals surface area contributed by atoms with Gasteiger partial charge in [0.25, 0.3) is 0 Å². The Bertz CT molecular complexity index is 2690. The Hall–Kier alpha value is -5.84. The first-order valence-corrected chi connectivity index (χ1v) is 42.0. The summed E-state index contributed by atoms with van der Waals surface area (Å²) in [6.45, 7) is 4.28. The largest absolute Gasteiger partial charge is 0.472 e. The number of aliphatic hydroxyl groups excluding tert-OH is 1. The molecule has 0 radical (unpaired) electrons. The van der Waals surface area contributed by atoms with Crippen LogP contribution in [-0.4, -0.2) is 96.7 Å². The van der Waals surface area contributed by atoms with E-state index in [-0.39, 0.29) is 25.7 Å². The summed E-state index contributed by atoms with van der Waals surface area (Å²) in [5.74, 6) is -2.45. The fourth-order valence-corrected chi connectivity index (χ4v) is 11.1. The minimum Gasteiger partial charge on any atom is -0.462 e. The molecule has 0 aliphatic rings. The van der Waals surface area contributed by atoms with Crippen LogP contribution in [-0.2, 0) is 65.4 Å². The van der Waals surface area contributed by atoms with E-state index in [9.17, 15) is 43.2 Å². The van der Waals surface area contributed by atoms with Gasteiger partial charge in [-0.05, 0) is 154 Å². The number of esters is 4. The average Bonchev–Trinajstić information content (AvgIpc) is 0.937. The second-order valence-electron chi connectivity index (χ2n) is 25.2. The molecule has 0 saturated carbocycles. The normalized spacial score (nSPS) is 14.9. The molecule has 588 valence electrons. The molecule has 0 fully saturated rings. The van der Waals surface area contributed by atoms with Crippen molar-refractivity contribution in [1.82, 2.24) is 0 Å². The SMILES string of the molecule is CC/C=C\C/C=C\C/C=C\C/C=C\C/C=C\CCCC(=O)OCC(COP(=O)(O)OCC(O)COP(=O)(O)OCC(COC(=O)CCCCCC/C=C\C/C=C\C/C=C\C/C=C\CC)OC(=O)CCCCCCC/C=C\CCCCCCCC)OC(=O)C/C=C\C/C=C\C/C=C\C/C=C\C/C=C\CC. The van der Waals surface area contributed by atoms with Gasteiger partial charge in [0.1, 0.15) is 19.3 Å². The third-order valence-electron chi connectivity index (χ3n) is 15.4. The highest BCUT2D eigenvalue weighted by Crippen LogP contribution is 2.45. The van der Waals surface area contributed by atoms with Crippen molar-refractivity contribution in [1.29, 1.82) is 0 Å². The number of phosphoric acid groups is 2. The van der Waals surface area contributed by atoms with Crippen LogP contribution < -0.4 is 0 Å². The molecule has 0 amide bonds. The fourth-order valence-electron chi connectivity index (χ4n) is 9.55. The number of ether oxygens (including phenoxy) is 4. The molecular weight excluding hydrogens is 1350 g/mol. The zero-order valence-electron chi connectivity index (χ0n) is 64.1. The van der Waals surface area contributed by atoms with Gasteiger partial charge in [-0.1, -0.05) is 274 Å². The second-order valence-corrected chi connectivity index (χ2v) is 28.1. The van der Waals surface area contributed by atoms with E-state index < -0.39 is 97.5 Å². The van der Waals surface area contributed by atoms with Gasteiger partial charge in [-0.3, -0.25) is 37.3 Å². The Morgan fingerprint density at radius 2 is 0.548 bits per heavy atom. The van der Waals surface area contributed by atoms with Gasteiger partial charge in [-0.25, -0.2) is 9.13 Å². The van der Waals surface area contributed by atoms with Crippen LogP contribution in [0.1, 0.15) is 272 Å². The van der Waals surface area contributed by atoms with Crippen LogP contribution in [0.5, 0.6) is 0 Å². The van der Waals surface area contributed by atoms with E-state index in [1.54, 1.807) is 12.2 Å². The first kappa shape index (κ1) is 98.2. The van der Waals surface area contributed by atoms with E-state index in [4.69, 9.17) is 37.0 Å². The highest BCUT2D eigenvalue weighted by atomic mass is 31.2. The number of aliphatic hydroxyl groups is 1. The summed E-state index contributed by atoms with van der Waals surface area (Å²) in [4.78, 5) is 72.9. The lowest BCUT2D eigenvalue weighted by molar-refractivity contribution is -0.161. The predicted octanol–water partition coefficient (Wildman–Crippen LogP) is 22.8. The summed E-state index contributed by atoms with van der Waals surface area (Å²) in [7, 11) is -10.0. The topological polar surface area (TPSA) is 237 Å². The number of carbonyl (C=O) groups is 4. The Morgan fingerprint density at radius 3 is 0.904 bits per heavy atom. The fraction of sp³-hybridized carbons (Fsp3) is 0.600. The van der Waals surface area contributed by atoms with E-state index in [1.165, 1.54) is 38.5 Å². The van der Waals surface area contributed by atoms with Crippen molar-refractivity contribution in [2.45, 2.75) is 290 Å². The van der Waals surface area contributed by atoms with E-state index >= 15 is 0 Å². The molecule has 0 heterocycles. The average molecular weight is 1490 g/mol. The van der Waals surface area contributed by atoms with Gasteiger partial charge in [-0.2, -0.15) is 0 Å². The molecule has 19 heteroatoms. The molecule has 5 atom stereocenters. The van der Waals surface area contributed by atoms with Crippen molar-refractivity contribution in [2.24, 2.45) is 0 Å². The molecular formula is C85H136O17P2. The molecule has 0 aromatic rings. The van der Waals surface area contributed by atoms with Crippen LogP contribution in [0.3, 0.4) is 0 Å². The maximum Gasteiger partial charge on any atom is 0.472 e. The quantitative estimate of drug-likeness (QED) is 0.0169. The number of carbonyl (C=O) groups excluding carboxylic acids is 4. The Morgan fingerprint density at radius 1 is 0.288 bits per heavy atom. The molecule has 17 nitrogen and oxygen atoms in total. The van der Waals surface area contributed by atoms with Gasteiger partial charge >= 0.3 is 39.5 Å². The first-order valence-electron chi connectivity index (χ1n) is 39.0. The monoisotopic (exact) mass is 1490 g/mol. The van der Waals surface area contributed by atoms with E-state index in [0.29, 0.717) is 32.1 Å². The number of rotatable bonds is 71. The van der Waals surface area contributed by atoms with Gasteiger partial charge in [0.15, 0.2) is 12.2 Å². The van der Waals surface area contributed by atoms with E-state index in [0.717, 1.165) is 148 Å². The van der Waals surface area contributed by atoms with Crippen molar-refractivity contribution in [3.05, 3.63) is 182 Å². The van der Waals surface area contributed by atoms with Gasteiger partial charge in [-0.15, -0.1) is 0 Å². The van der Waals surface area contributed by atoms with Crippen molar-refractivity contribution >= 4 is 39.5 Å². The number of phosphoric ester groups is 2. The number of hydrogen-bond acceptors (Lipinski definition) is 15.